The maximum absolute atomic E-state index is 5.04. The van der Waals surface area contributed by atoms with Crippen LogP contribution in [0.3, 0.4) is 0 Å². The van der Waals surface area contributed by atoms with E-state index in [1.807, 2.05) is 6.08 Å². The number of hydrogen-bond acceptors (Lipinski definition) is 1. The first-order valence-corrected chi connectivity index (χ1v) is 4.63. The minimum absolute atomic E-state index is 0.595. The second kappa shape index (κ2) is 6.21. The maximum atomic E-state index is 5.04. The Morgan fingerprint density at radius 2 is 2.08 bits per heavy atom. The second-order valence-corrected chi connectivity index (χ2v) is 3.53. The molecule has 68 valence electrons. The number of ether oxygens (including phenoxy) is 1. The SMILES string of the molecule is C=C(Br)/C=C(/COC)C(=C)CC. The van der Waals surface area contributed by atoms with E-state index >= 15 is 0 Å². The van der Waals surface area contributed by atoms with Crippen molar-refractivity contribution in [1.82, 2.24) is 0 Å². The number of allylic oxidation sites excluding steroid dienone is 2. The van der Waals surface area contributed by atoms with Crippen LogP contribution in [0.5, 0.6) is 0 Å². The molecule has 0 spiro atoms. The summed E-state index contributed by atoms with van der Waals surface area (Å²) in [4.78, 5) is 0. The highest BCUT2D eigenvalue weighted by molar-refractivity contribution is 9.11. The van der Waals surface area contributed by atoms with Gasteiger partial charge in [0.15, 0.2) is 0 Å². The van der Waals surface area contributed by atoms with Crippen LogP contribution in [0.4, 0.5) is 0 Å². The van der Waals surface area contributed by atoms with Crippen molar-refractivity contribution in [2.24, 2.45) is 0 Å². The quantitative estimate of drug-likeness (QED) is 0.658. The lowest BCUT2D eigenvalue weighted by Crippen LogP contribution is -1.96. The first-order chi connectivity index (χ1) is 5.61. The van der Waals surface area contributed by atoms with Gasteiger partial charge in [-0.3, -0.25) is 0 Å². The largest absolute Gasteiger partial charge is 0.380 e. The Morgan fingerprint density at radius 1 is 1.50 bits per heavy atom. The van der Waals surface area contributed by atoms with Crippen LogP contribution in [-0.2, 0) is 4.74 Å². The first-order valence-electron chi connectivity index (χ1n) is 3.83. The summed E-state index contributed by atoms with van der Waals surface area (Å²) in [5.74, 6) is 0. The fourth-order valence-electron chi connectivity index (χ4n) is 0.817. The van der Waals surface area contributed by atoms with Crippen LogP contribution < -0.4 is 0 Å². The van der Waals surface area contributed by atoms with Gasteiger partial charge < -0.3 is 4.74 Å². The van der Waals surface area contributed by atoms with E-state index in [2.05, 4.69) is 36.0 Å². The topological polar surface area (TPSA) is 9.23 Å². The molecular weight excluding hydrogens is 216 g/mol. The average Bonchev–Trinajstić information content (AvgIpc) is 2.01. The van der Waals surface area contributed by atoms with Gasteiger partial charge in [-0.25, -0.2) is 0 Å². The predicted octanol–water partition coefficient (Wildman–Crippen LogP) is 3.43. The lowest BCUT2D eigenvalue weighted by Gasteiger charge is -2.07. The monoisotopic (exact) mass is 230 g/mol. The van der Waals surface area contributed by atoms with E-state index in [4.69, 9.17) is 4.74 Å². The standard InChI is InChI=1S/C10H15BrO/c1-5-8(2)10(7-12-4)6-9(3)11/h6H,2-3,5,7H2,1,4H3/b10-6-. The van der Waals surface area contributed by atoms with E-state index in [0.29, 0.717) is 6.61 Å². The van der Waals surface area contributed by atoms with Crippen molar-refractivity contribution in [3.8, 4) is 0 Å². The van der Waals surface area contributed by atoms with E-state index in [0.717, 1.165) is 22.0 Å². The van der Waals surface area contributed by atoms with Crippen molar-refractivity contribution < 1.29 is 4.74 Å². The Balaban J connectivity index is 4.42. The molecule has 0 aliphatic carbocycles. The van der Waals surface area contributed by atoms with Gasteiger partial charge in [0.1, 0.15) is 0 Å². The van der Waals surface area contributed by atoms with Crippen LogP contribution in [0, 0.1) is 0 Å². The zero-order valence-electron chi connectivity index (χ0n) is 7.69. The minimum Gasteiger partial charge on any atom is -0.380 e. The van der Waals surface area contributed by atoms with Crippen LogP contribution in [-0.4, -0.2) is 13.7 Å². The van der Waals surface area contributed by atoms with E-state index in [1.165, 1.54) is 0 Å². The van der Waals surface area contributed by atoms with Gasteiger partial charge in [-0.05, 0) is 23.6 Å². The van der Waals surface area contributed by atoms with Crippen LogP contribution >= 0.6 is 15.9 Å². The fraction of sp³-hybridized carbons (Fsp3) is 0.400. The molecule has 0 saturated carbocycles. The number of hydrogen-bond donors (Lipinski definition) is 0. The lowest BCUT2D eigenvalue weighted by atomic mass is 10.1. The molecule has 0 aromatic carbocycles. The summed E-state index contributed by atoms with van der Waals surface area (Å²) in [7, 11) is 1.67. The Morgan fingerprint density at radius 3 is 2.42 bits per heavy atom. The zero-order valence-corrected chi connectivity index (χ0v) is 9.28. The van der Waals surface area contributed by atoms with Gasteiger partial charge >= 0.3 is 0 Å². The third-order valence-corrected chi connectivity index (χ3v) is 1.74. The Kier molecular flexibility index (Phi) is 6.03. The molecule has 0 rings (SSSR count). The Hall–Kier alpha value is -0.340. The smallest absolute Gasteiger partial charge is 0.0715 e. The molecular formula is C10H15BrO. The van der Waals surface area contributed by atoms with Crippen LogP contribution in [0.1, 0.15) is 13.3 Å². The molecule has 0 bridgehead atoms. The molecule has 0 heterocycles. The fourth-order valence-corrected chi connectivity index (χ4v) is 1.09. The molecule has 0 aromatic rings. The third kappa shape index (κ3) is 4.52. The van der Waals surface area contributed by atoms with Crippen molar-refractivity contribution in [3.05, 3.63) is 34.9 Å². The van der Waals surface area contributed by atoms with Gasteiger partial charge in [-0.15, -0.1) is 0 Å². The van der Waals surface area contributed by atoms with Crippen molar-refractivity contribution >= 4 is 15.9 Å². The number of halogens is 1. The van der Waals surface area contributed by atoms with Crippen molar-refractivity contribution in [3.63, 3.8) is 0 Å². The summed E-state index contributed by atoms with van der Waals surface area (Å²) in [5, 5.41) is 0. The van der Waals surface area contributed by atoms with Gasteiger partial charge in [-0.1, -0.05) is 36.0 Å². The van der Waals surface area contributed by atoms with E-state index in [-0.39, 0.29) is 0 Å². The molecule has 0 aliphatic heterocycles. The van der Waals surface area contributed by atoms with Crippen LogP contribution in [0.25, 0.3) is 0 Å². The summed E-state index contributed by atoms with van der Waals surface area (Å²) < 4.78 is 5.89. The highest BCUT2D eigenvalue weighted by atomic mass is 79.9. The lowest BCUT2D eigenvalue weighted by molar-refractivity contribution is 0.227. The van der Waals surface area contributed by atoms with Gasteiger partial charge in [0.05, 0.1) is 6.61 Å². The summed E-state index contributed by atoms with van der Waals surface area (Å²) in [6, 6.07) is 0. The van der Waals surface area contributed by atoms with Crippen molar-refractivity contribution in [2.75, 3.05) is 13.7 Å². The molecule has 0 atom stereocenters. The normalized spacial score (nSPS) is 11.4. The maximum Gasteiger partial charge on any atom is 0.0715 e. The van der Waals surface area contributed by atoms with Crippen molar-refractivity contribution in [2.45, 2.75) is 13.3 Å². The van der Waals surface area contributed by atoms with Crippen LogP contribution in [0.15, 0.2) is 34.9 Å². The predicted molar refractivity (Wildman–Crippen MR) is 57.5 cm³/mol. The van der Waals surface area contributed by atoms with Gasteiger partial charge in [-0.2, -0.15) is 0 Å². The van der Waals surface area contributed by atoms with Gasteiger partial charge in [0, 0.05) is 11.6 Å². The highest BCUT2D eigenvalue weighted by Gasteiger charge is 1.99. The van der Waals surface area contributed by atoms with Gasteiger partial charge in [0.2, 0.25) is 0 Å². The highest BCUT2D eigenvalue weighted by Crippen LogP contribution is 2.16. The van der Waals surface area contributed by atoms with E-state index in [1.54, 1.807) is 7.11 Å². The zero-order chi connectivity index (χ0) is 9.56. The van der Waals surface area contributed by atoms with Gasteiger partial charge in [0.25, 0.3) is 0 Å². The summed E-state index contributed by atoms with van der Waals surface area (Å²) >= 11 is 3.27. The molecule has 0 unspecified atom stereocenters. The molecule has 0 aliphatic rings. The second-order valence-electron chi connectivity index (χ2n) is 2.51. The molecule has 0 radical (unpaired) electrons. The molecule has 0 aromatic heterocycles. The molecule has 0 fully saturated rings. The first kappa shape index (κ1) is 11.7. The Bertz CT molecular complexity index is 204. The summed E-state index contributed by atoms with van der Waals surface area (Å²) in [5.41, 5.74) is 2.19. The number of methoxy groups -OCH3 is 1. The molecule has 0 saturated heterocycles. The van der Waals surface area contributed by atoms with Crippen LogP contribution in [0.2, 0.25) is 0 Å². The molecule has 2 heteroatoms. The van der Waals surface area contributed by atoms with Crippen molar-refractivity contribution in [1.29, 1.82) is 0 Å². The molecule has 0 N–H and O–H groups in total. The number of rotatable bonds is 5. The molecule has 0 amide bonds. The molecule has 12 heavy (non-hydrogen) atoms. The third-order valence-electron chi connectivity index (χ3n) is 1.51. The molecule has 1 nitrogen and oxygen atoms in total. The summed E-state index contributed by atoms with van der Waals surface area (Å²) in [6.45, 7) is 10.3. The van der Waals surface area contributed by atoms with E-state index < -0.39 is 0 Å². The summed E-state index contributed by atoms with van der Waals surface area (Å²) in [6.07, 6.45) is 2.88. The minimum atomic E-state index is 0.595. The van der Waals surface area contributed by atoms with E-state index in [9.17, 15) is 0 Å². The average molecular weight is 231 g/mol. The Labute approximate surface area is 82.9 Å².